The van der Waals surface area contributed by atoms with E-state index in [9.17, 15) is 13.2 Å². The Bertz CT molecular complexity index is 1120. The summed E-state index contributed by atoms with van der Waals surface area (Å²) >= 11 is 0. The number of piperidine rings is 1. The van der Waals surface area contributed by atoms with Crippen LogP contribution in [-0.2, 0) is 6.18 Å². The Morgan fingerprint density at radius 1 is 0.861 bits per heavy atom. The van der Waals surface area contributed by atoms with E-state index in [-0.39, 0.29) is 0 Å². The minimum atomic E-state index is -4.29. The van der Waals surface area contributed by atoms with Gasteiger partial charge >= 0.3 is 6.18 Å². The zero-order valence-corrected chi connectivity index (χ0v) is 20.4. The average molecular weight is 495 g/mol. The first-order valence-corrected chi connectivity index (χ1v) is 13.0. The fourth-order valence-corrected chi connectivity index (χ4v) is 5.88. The topological polar surface area (TPSA) is 41.0 Å². The molecule has 3 aromatic rings. The van der Waals surface area contributed by atoms with Crippen molar-refractivity contribution in [3.8, 4) is 11.1 Å². The van der Waals surface area contributed by atoms with Crippen LogP contribution in [0.5, 0.6) is 0 Å². The lowest BCUT2D eigenvalue weighted by atomic mass is 9.77. The third-order valence-corrected chi connectivity index (χ3v) is 7.73. The first kappa shape index (κ1) is 24.6. The summed E-state index contributed by atoms with van der Waals surface area (Å²) in [6.45, 7) is 1.81. The fraction of sp³-hybridized carbons (Fsp3) is 0.448. The van der Waals surface area contributed by atoms with E-state index in [2.05, 4.69) is 26.3 Å². The van der Waals surface area contributed by atoms with Crippen LogP contribution in [0.3, 0.4) is 0 Å². The van der Waals surface area contributed by atoms with Crippen molar-refractivity contribution in [2.24, 2.45) is 11.8 Å². The van der Waals surface area contributed by atoms with E-state index >= 15 is 0 Å². The molecule has 1 aromatic carbocycles. The van der Waals surface area contributed by atoms with Crippen LogP contribution < -0.4 is 10.2 Å². The van der Waals surface area contributed by atoms with Crippen molar-refractivity contribution in [3.05, 3.63) is 72.7 Å². The van der Waals surface area contributed by atoms with Gasteiger partial charge in [0.15, 0.2) is 0 Å². The van der Waals surface area contributed by atoms with Gasteiger partial charge in [-0.05, 0) is 104 Å². The van der Waals surface area contributed by atoms with E-state index in [1.54, 1.807) is 24.5 Å². The standard InChI is InChI=1S/C29H33F3N4/c30-29(31,32)25-7-9-26(10-8-25)36-17-3-4-21(20-36)18-24-5-1-2-6-27(24)35-28-19-23(13-16-34-28)22-11-14-33-15-12-22/h7-16,19,21,24,27H,1-6,17-18,20H2,(H,34,35)/t21-,24+,27-/m1/s1. The molecule has 5 rings (SSSR count). The van der Waals surface area contributed by atoms with Gasteiger partial charge in [-0.15, -0.1) is 0 Å². The van der Waals surface area contributed by atoms with Crippen LogP contribution >= 0.6 is 0 Å². The van der Waals surface area contributed by atoms with Crippen LogP contribution in [0.25, 0.3) is 11.1 Å². The van der Waals surface area contributed by atoms with Crippen LogP contribution in [0, 0.1) is 11.8 Å². The molecule has 7 heteroatoms. The summed E-state index contributed by atoms with van der Waals surface area (Å²) in [5, 5.41) is 3.75. The Morgan fingerprint density at radius 3 is 2.39 bits per heavy atom. The molecule has 0 bridgehead atoms. The van der Waals surface area contributed by atoms with Gasteiger partial charge in [-0.25, -0.2) is 4.98 Å². The first-order chi connectivity index (χ1) is 17.5. The lowest BCUT2D eigenvalue weighted by Gasteiger charge is -2.39. The Hall–Kier alpha value is -3.09. The number of anilines is 2. The number of benzene rings is 1. The number of nitrogens with zero attached hydrogens (tertiary/aromatic N) is 3. The number of nitrogens with one attached hydrogen (secondary N) is 1. The maximum absolute atomic E-state index is 13.0. The SMILES string of the molecule is FC(F)(F)c1ccc(N2CCC[C@H](C[C@@H]3CCCC[C@H]3Nc3cc(-c4ccncc4)ccn3)C2)cc1. The largest absolute Gasteiger partial charge is 0.416 e. The van der Waals surface area contributed by atoms with Crippen LogP contribution in [0.15, 0.2) is 67.1 Å². The van der Waals surface area contributed by atoms with E-state index in [4.69, 9.17) is 0 Å². The minimum Gasteiger partial charge on any atom is -0.371 e. The van der Waals surface area contributed by atoms with Crippen molar-refractivity contribution >= 4 is 11.5 Å². The maximum atomic E-state index is 13.0. The van der Waals surface area contributed by atoms with Crippen molar-refractivity contribution in [1.29, 1.82) is 0 Å². The molecule has 3 heterocycles. The predicted octanol–water partition coefficient (Wildman–Crippen LogP) is 7.44. The van der Waals surface area contributed by atoms with Gasteiger partial charge < -0.3 is 10.2 Å². The Morgan fingerprint density at radius 2 is 1.61 bits per heavy atom. The van der Waals surface area contributed by atoms with Crippen LogP contribution in [0.1, 0.15) is 50.5 Å². The average Bonchev–Trinajstić information content (AvgIpc) is 2.90. The number of halogens is 3. The zero-order chi connectivity index (χ0) is 25.0. The molecule has 1 saturated heterocycles. The fourth-order valence-electron chi connectivity index (χ4n) is 5.88. The van der Waals surface area contributed by atoms with Gasteiger partial charge in [0.2, 0.25) is 0 Å². The number of hydrogen-bond donors (Lipinski definition) is 1. The number of alkyl halides is 3. The van der Waals surface area contributed by atoms with Gasteiger partial charge in [-0.1, -0.05) is 12.8 Å². The summed E-state index contributed by atoms with van der Waals surface area (Å²) in [5.41, 5.74) is 2.56. The Labute approximate surface area is 211 Å². The highest BCUT2D eigenvalue weighted by atomic mass is 19.4. The second kappa shape index (κ2) is 10.9. The molecule has 190 valence electrons. The molecule has 2 aromatic heterocycles. The van der Waals surface area contributed by atoms with Crippen molar-refractivity contribution < 1.29 is 13.2 Å². The normalized spacial score (nSPS) is 22.9. The van der Waals surface area contributed by atoms with Crippen LogP contribution in [0.2, 0.25) is 0 Å². The van der Waals surface area contributed by atoms with Crippen molar-refractivity contribution in [1.82, 2.24) is 9.97 Å². The molecule has 2 aliphatic rings. The van der Waals surface area contributed by atoms with Crippen molar-refractivity contribution in [3.63, 3.8) is 0 Å². The highest BCUT2D eigenvalue weighted by Gasteiger charge is 2.32. The maximum Gasteiger partial charge on any atom is 0.416 e. The Balaban J connectivity index is 1.23. The molecular formula is C29H33F3N4. The lowest BCUT2D eigenvalue weighted by Crippen LogP contribution is -2.39. The molecule has 1 N–H and O–H groups in total. The summed E-state index contributed by atoms with van der Waals surface area (Å²) < 4.78 is 38.9. The third kappa shape index (κ3) is 6.00. The molecule has 1 aliphatic carbocycles. The van der Waals surface area contributed by atoms with Gasteiger partial charge in [-0.2, -0.15) is 13.2 Å². The molecule has 1 saturated carbocycles. The lowest BCUT2D eigenvalue weighted by molar-refractivity contribution is -0.137. The summed E-state index contributed by atoms with van der Waals surface area (Å²) in [6.07, 6.45) is 9.39. The predicted molar refractivity (Wildman–Crippen MR) is 138 cm³/mol. The van der Waals surface area contributed by atoms with Crippen LogP contribution in [-0.4, -0.2) is 29.1 Å². The molecule has 1 aliphatic heterocycles. The van der Waals surface area contributed by atoms with E-state index in [1.807, 2.05) is 24.4 Å². The van der Waals surface area contributed by atoms with Gasteiger partial charge in [0, 0.05) is 43.4 Å². The van der Waals surface area contributed by atoms with Gasteiger partial charge in [0.25, 0.3) is 0 Å². The molecule has 0 amide bonds. The minimum absolute atomic E-state index is 0.389. The molecular weight excluding hydrogens is 461 g/mol. The second-order valence-electron chi connectivity index (χ2n) is 10.2. The highest BCUT2D eigenvalue weighted by Crippen LogP contribution is 2.36. The molecule has 0 unspecified atom stereocenters. The summed E-state index contributed by atoms with van der Waals surface area (Å²) in [7, 11) is 0. The first-order valence-electron chi connectivity index (χ1n) is 13.0. The molecule has 2 fully saturated rings. The second-order valence-corrected chi connectivity index (χ2v) is 10.2. The van der Waals surface area contributed by atoms with Crippen molar-refractivity contribution in [2.45, 2.75) is 57.2 Å². The Kier molecular flexibility index (Phi) is 7.44. The molecule has 4 nitrogen and oxygen atoms in total. The number of hydrogen-bond acceptors (Lipinski definition) is 4. The number of rotatable bonds is 6. The zero-order valence-electron chi connectivity index (χ0n) is 20.4. The van der Waals surface area contributed by atoms with E-state index in [1.165, 1.54) is 37.8 Å². The monoisotopic (exact) mass is 494 g/mol. The van der Waals surface area contributed by atoms with Crippen molar-refractivity contribution in [2.75, 3.05) is 23.3 Å². The number of aromatic nitrogens is 2. The smallest absolute Gasteiger partial charge is 0.371 e. The summed E-state index contributed by atoms with van der Waals surface area (Å²) in [6, 6.07) is 14.2. The third-order valence-electron chi connectivity index (χ3n) is 7.73. The van der Waals surface area contributed by atoms with Gasteiger partial charge in [0.05, 0.1) is 5.56 Å². The summed E-state index contributed by atoms with van der Waals surface area (Å²) in [5.74, 6) is 2.03. The van der Waals surface area contributed by atoms with E-state index in [0.717, 1.165) is 55.0 Å². The van der Waals surface area contributed by atoms with E-state index < -0.39 is 11.7 Å². The highest BCUT2D eigenvalue weighted by molar-refractivity contribution is 5.65. The molecule has 3 atom stereocenters. The quantitative estimate of drug-likeness (QED) is 0.387. The summed E-state index contributed by atoms with van der Waals surface area (Å²) in [4.78, 5) is 11.0. The molecule has 0 spiro atoms. The molecule has 36 heavy (non-hydrogen) atoms. The van der Waals surface area contributed by atoms with Gasteiger partial charge in [0.1, 0.15) is 5.82 Å². The van der Waals surface area contributed by atoms with E-state index in [0.29, 0.717) is 17.9 Å². The number of pyridine rings is 2. The van der Waals surface area contributed by atoms with Crippen LogP contribution in [0.4, 0.5) is 24.7 Å². The molecule has 0 radical (unpaired) electrons. The van der Waals surface area contributed by atoms with Gasteiger partial charge in [-0.3, -0.25) is 4.98 Å².